The molecule has 25 heavy (non-hydrogen) atoms. The van der Waals surface area contributed by atoms with E-state index in [2.05, 4.69) is 27.9 Å². The molecule has 0 aliphatic rings. The van der Waals surface area contributed by atoms with E-state index >= 15 is 0 Å². The van der Waals surface area contributed by atoms with Gasteiger partial charge in [-0.2, -0.15) is 0 Å². The summed E-state index contributed by atoms with van der Waals surface area (Å²) >= 11 is 2.20. The highest BCUT2D eigenvalue weighted by molar-refractivity contribution is 14.1. The molecular weight excluding hydrogens is 437 g/mol. The number of benzene rings is 2. The number of halogens is 1. The Bertz CT molecular complexity index is 769. The number of esters is 1. The molecule has 1 amide bonds. The number of hydrogen-bond donors (Lipinski definition) is 1. The highest BCUT2D eigenvalue weighted by atomic mass is 127. The lowest BCUT2D eigenvalue weighted by Gasteiger charge is -2.10. The van der Waals surface area contributed by atoms with Crippen LogP contribution in [0.15, 0.2) is 36.4 Å². The summed E-state index contributed by atoms with van der Waals surface area (Å²) in [7, 11) is 2.97. The maximum atomic E-state index is 12.1. The van der Waals surface area contributed by atoms with Crippen molar-refractivity contribution >= 4 is 40.2 Å². The lowest BCUT2D eigenvalue weighted by molar-refractivity contribution is -0.119. The van der Waals surface area contributed by atoms with Crippen LogP contribution in [0, 0.1) is 10.5 Å². The molecule has 0 bridgehead atoms. The molecule has 0 saturated heterocycles. The van der Waals surface area contributed by atoms with Crippen LogP contribution >= 0.6 is 22.6 Å². The highest BCUT2D eigenvalue weighted by Crippen LogP contribution is 2.23. The zero-order valence-corrected chi connectivity index (χ0v) is 16.2. The molecule has 0 unspecified atom stereocenters. The van der Waals surface area contributed by atoms with Gasteiger partial charge in [0.1, 0.15) is 11.5 Å². The van der Waals surface area contributed by atoms with Gasteiger partial charge in [0, 0.05) is 15.3 Å². The van der Waals surface area contributed by atoms with Crippen molar-refractivity contribution in [2.75, 3.05) is 26.1 Å². The summed E-state index contributed by atoms with van der Waals surface area (Å²) in [6, 6.07) is 10.3. The smallest absolute Gasteiger partial charge is 0.338 e. The van der Waals surface area contributed by atoms with Gasteiger partial charge in [0.05, 0.1) is 19.8 Å². The summed E-state index contributed by atoms with van der Waals surface area (Å²) in [6.45, 7) is 1.51. The molecule has 0 spiro atoms. The van der Waals surface area contributed by atoms with Gasteiger partial charge in [0.25, 0.3) is 5.91 Å². The fourth-order valence-corrected chi connectivity index (χ4v) is 2.74. The van der Waals surface area contributed by atoms with Crippen LogP contribution in [0.2, 0.25) is 0 Å². The number of carbonyl (C=O) groups is 2. The molecule has 0 aliphatic carbocycles. The molecule has 0 aromatic heterocycles. The van der Waals surface area contributed by atoms with Gasteiger partial charge < -0.3 is 19.5 Å². The van der Waals surface area contributed by atoms with Crippen LogP contribution in [0.5, 0.6) is 11.5 Å². The zero-order valence-electron chi connectivity index (χ0n) is 14.1. The Morgan fingerprint density at radius 2 is 1.68 bits per heavy atom. The fourth-order valence-electron chi connectivity index (χ4n) is 2.09. The van der Waals surface area contributed by atoms with Crippen molar-refractivity contribution in [2.24, 2.45) is 0 Å². The number of hydrogen-bond acceptors (Lipinski definition) is 5. The standard InChI is InChI=1S/C18H18INO5/c1-11-6-13(19)4-5-16(11)20-17(21)10-25-18(22)12-7-14(23-2)9-15(8-12)24-3/h4-9H,10H2,1-3H3,(H,20,21). The summed E-state index contributed by atoms with van der Waals surface area (Å²) in [5.74, 6) is -0.116. The van der Waals surface area contributed by atoms with E-state index in [1.165, 1.54) is 26.4 Å². The van der Waals surface area contributed by atoms with E-state index in [9.17, 15) is 9.59 Å². The maximum Gasteiger partial charge on any atom is 0.338 e. The lowest BCUT2D eigenvalue weighted by Crippen LogP contribution is -2.21. The number of anilines is 1. The minimum absolute atomic E-state index is 0.245. The zero-order chi connectivity index (χ0) is 18.4. The van der Waals surface area contributed by atoms with Crippen LogP contribution in [-0.2, 0) is 9.53 Å². The van der Waals surface area contributed by atoms with Crippen molar-refractivity contribution in [1.82, 2.24) is 0 Å². The summed E-state index contributed by atoms with van der Waals surface area (Å²) in [5.41, 5.74) is 1.86. The summed E-state index contributed by atoms with van der Waals surface area (Å²) in [5, 5.41) is 2.72. The van der Waals surface area contributed by atoms with Gasteiger partial charge in [-0.05, 0) is 65.4 Å². The minimum atomic E-state index is -0.633. The van der Waals surface area contributed by atoms with Crippen LogP contribution in [-0.4, -0.2) is 32.7 Å². The Morgan fingerprint density at radius 3 is 2.24 bits per heavy atom. The molecule has 0 saturated carbocycles. The van der Waals surface area contributed by atoms with E-state index in [1.807, 2.05) is 25.1 Å². The SMILES string of the molecule is COc1cc(OC)cc(C(=O)OCC(=O)Nc2ccc(I)cc2C)c1. The van der Waals surface area contributed by atoms with Crippen molar-refractivity contribution in [2.45, 2.75) is 6.92 Å². The number of amides is 1. The van der Waals surface area contributed by atoms with Gasteiger partial charge in [-0.25, -0.2) is 4.79 Å². The molecule has 2 aromatic carbocycles. The predicted octanol–water partition coefficient (Wildman–Crippen LogP) is 3.41. The molecule has 1 N–H and O–H groups in total. The number of aryl methyl sites for hydroxylation is 1. The third-order valence-electron chi connectivity index (χ3n) is 3.38. The van der Waals surface area contributed by atoms with Gasteiger partial charge in [-0.15, -0.1) is 0 Å². The van der Waals surface area contributed by atoms with E-state index in [0.29, 0.717) is 17.2 Å². The second-order valence-corrected chi connectivity index (χ2v) is 6.43. The van der Waals surface area contributed by atoms with Crippen molar-refractivity contribution in [3.63, 3.8) is 0 Å². The van der Waals surface area contributed by atoms with Gasteiger partial charge in [-0.1, -0.05) is 0 Å². The van der Waals surface area contributed by atoms with Crippen LogP contribution in [0.1, 0.15) is 15.9 Å². The monoisotopic (exact) mass is 455 g/mol. The molecule has 6 nitrogen and oxygen atoms in total. The van der Waals surface area contributed by atoms with E-state index in [0.717, 1.165) is 9.13 Å². The molecule has 2 rings (SSSR count). The van der Waals surface area contributed by atoms with Crippen LogP contribution in [0.25, 0.3) is 0 Å². The largest absolute Gasteiger partial charge is 0.497 e. The molecule has 0 heterocycles. The maximum absolute atomic E-state index is 12.1. The van der Waals surface area contributed by atoms with E-state index in [-0.39, 0.29) is 12.2 Å². The topological polar surface area (TPSA) is 73.9 Å². The third-order valence-corrected chi connectivity index (χ3v) is 4.06. The average molecular weight is 455 g/mol. The third kappa shape index (κ3) is 5.35. The predicted molar refractivity (Wildman–Crippen MR) is 102 cm³/mol. The lowest BCUT2D eigenvalue weighted by atomic mass is 10.2. The first-order chi connectivity index (χ1) is 11.9. The highest BCUT2D eigenvalue weighted by Gasteiger charge is 2.14. The van der Waals surface area contributed by atoms with Crippen molar-refractivity contribution in [1.29, 1.82) is 0 Å². The van der Waals surface area contributed by atoms with Gasteiger partial charge in [0.2, 0.25) is 0 Å². The number of nitrogens with one attached hydrogen (secondary N) is 1. The molecule has 7 heteroatoms. The summed E-state index contributed by atoms with van der Waals surface area (Å²) in [4.78, 5) is 24.1. The molecule has 0 fully saturated rings. The minimum Gasteiger partial charge on any atom is -0.497 e. The fraction of sp³-hybridized carbons (Fsp3) is 0.222. The first-order valence-corrected chi connectivity index (χ1v) is 8.47. The van der Waals surface area contributed by atoms with Crippen molar-refractivity contribution in [3.8, 4) is 11.5 Å². The Kier molecular flexibility index (Phi) is 6.63. The second kappa shape index (κ2) is 8.70. The number of methoxy groups -OCH3 is 2. The first kappa shape index (κ1) is 19.0. The molecule has 0 radical (unpaired) electrons. The Hall–Kier alpha value is -2.29. The van der Waals surface area contributed by atoms with Gasteiger partial charge in [0.15, 0.2) is 6.61 Å². The van der Waals surface area contributed by atoms with Crippen LogP contribution < -0.4 is 14.8 Å². The summed E-state index contributed by atoms with van der Waals surface area (Å²) in [6.07, 6.45) is 0. The Balaban J connectivity index is 1.98. The van der Waals surface area contributed by atoms with Gasteiger partial charge in [-0.3, -0.25) is 4.79 Å². The molecule has 0 aliphatic heterocycles. The van der Waals surface area contributed by atoms with Crippen LogP contribution in [0.4, 0.5) is 5.69 Å². The second-order valence-electron chi connectivity index (χ2n) is 5.18. The molecule has 0 atom stereocenters. The normalized spacial score (nSPS) is 10.1. The Morgan fingerprint density at radius 1 is 1.04 bits per heavy atom. The van der Waals surface area contributed by atoms with Crippen molar-refractivity contribution in [3.05, 3.63) is 51.1 Å². The Labute approximate surface area is 159 Å². The number of ether oxygens (including phenoxy) is 3. The average Bonchev–Trinajstić information content (AvgIpc) is 2.61. The number of carbonyl (C=O) groups excluding carboxylic acids is 2. The van der Waals surface area contributed by atoms with Crippen LogP contribution in [0.3, 0.4) is 0 Å². The number of rotatable bonds is 6. The molecule has 132 valence electrons. The van der Waals surface area contributed by atoms with E-state index < -0.39 is 11.9 Å². The summed E-state index contributed by atoms with van der Waals surface area (Å²) < 4.78 is 16.4. The van der Waals surface area contributed by atoms with Crippen molar-refractivity contribution < 1.29 is 23.8 Å². The quantitative estimate of drug-likeness (QED) is 0.534. The molecular formula is C18H18INO5. The van der Waals surface area contributed by atoms with Gasteiger partial charge >= 0.3 is 5.97 Å². The van der Waals surface area contributed by atoms with E-state index in [4.69, 9.17) is 14.2 Å². The van der Waals surface area contributed by atoms with E-state index in [1.54, 1.807) is 6.07 Å². The molecule has 2 aromatic rings. The first-order valence-electron chi connectivity index (χ1n) is 7.39.